The molecule has 0 aliphatic carbocycles. The van der Waals surface area contributed by atoms with Crippen molar-refractivity contribution in [1.29, 1.82) is 0 Å². The number of aryl methyl sites for hydroxylation is 1. The molecule has 0 radical (unpaired) electrons. The van der Waals surface area contributed by atoms with Crippen LogP contribution < -0.4 is 10.1 Å². The second-order valence-electron chi connectivity index (χ2n) is 5.05. The third-order valence-electron chi connectivity index (χ3n) is 3.60. The number of ether oxygens (including phenoxy) is 1. The quantitative estimate of drug-likeness (QED) is 0.780. The van der Waals surface area contributed by atoms with Crippen LogP contribution in [0, 0.1) is 0 Å². The molecule has 0 bridgehead atoms. The highest BCUT2D eigenvalue weighted by Crippen LogP contribution is 2.22. The first-order valence-electron chi connectivity index (χ1n) is 7.34. The first-order chi connectivity index (χ1) is 10.2. The predicted octanol–water partition coefficient (Wildman–Crippen LogP) is 4.74. The van der Waals surface area contributed by atoms with Crippen LogP contribution in [0.3, 0.4) is 0 Å². The minimum atomic E-state index is 0.394. The molecular weight excluding hydrogens is 326 g/mol. The molecule has 0 amide bonds. The minimum Gasteiger partial charge on any atom is -0.497 e. The Kier molecular flexibility index (Phi) is 6.27. The van der Waals surface area contributed by atoms with Crippen molar-refractivity contribution in [1.82, 2.24) is 5.32 Å². The first-order valence-corrected chi connectivity index (χ1v) is 8.14. The highest BCUT2D eigenvalue weighted by Gasteiger charge is 2.10. The molecule has 21 heavy (non-hydrogen) atoms. The first kappa shape index (κ1) is 16.1. The average molecular weight is 348 g/mol. The normalized spacial score (nSPS) is 12.1. The molecule has 2 nitrogen and oxygen atoms in total. The molecular formula is C18H22BrNO. The van der Waals surface area contributed by atoms with Crippen molar-refractivity contribution in [3.63, 3.8) is 0 Å². The van der Waals surface area contributed by atoms with E-state index in [2.05, 4.69) is 64.6 Å². The van der Waals surface area contributed by atoms with E-state index in [0.717, 1.165) is 29.6 Å². The van der Waals surface area contributed by atoms with Gasteiger partial charge in [0.15, 0.2) is 0 Å². The Morgan fingerprint density at radius 3 is 2.29 bits per heavy atom. The van der Waals surface area contributed by atoms with Crippen molar-refractivity contribution >= 4 is 15.9 Å². The molecule has 2 aromatic carbocycles. The summed E-state index contributed by atoms with van der Waals surface area (Å²) in [6.45, 7) is 3.13. The lowest BCUT2D eigenvalue weighted by atomic mass is 9.99. The van der Waals surface area contributed by atoms with Crippen LogP contribution in [-0.2, 0) is 6.42 Å². The van der Waals surface area contributed by atoms with Gasteiger partial charge in [-0.3, -0.25) is 0 Å². The Bertz CT molecular complexity index is 536. The number of hydrogen-bond donors (Lipinski definition) is 1. The number of nitrogens with one attached hydrogen (secondary N) is 1. The predicted molar refractivity (Wildman–Crippen MR) is 91.9 cm³/mol. The molecule has 0 heterocycles. The van der Waals surface area contributed by atoms with E-state index in [1.807, 2.05) is 12.1 Å². The number of hydrogen-bond acceptors (Lipinski definition) is 2. The smallest absolute Gasteiger partial charge is 0.118 e. The topological polar surface area (TPSA) is 21.3 Å². The van der Waals surface area contributed by atoms with Gasteiger partial charge in [0.1, 0.15) is 5.75 Å². The van der Waals surface area contributed by atoms with Gasteiger partial charge in [0.05, 0.1) is 7.11 Å². The summed E-state index contributed by atoms with van der Waals surface area (Å²) in [5.41, 5.74) is 2.68. The molecule has 0 spiro atoms. The van der Waals surface area contributed by atoms with Crippen LogP contribution in [0.25, 0.3) is 0 Å². The van der Waals surface area contributed by atoms with Crippen LogP contribution in [0.4, 0.5) is 0 Å². The van der Waals surface area contributed by atoms with Crippen LogP contribution in [-0.4, -0.2) is 13.7 Å². The maximum Gasteiger partial charge on any atom is 0.118 e. The molecule has 1 atom stereocenters. The van der Waals surface area contributed by atoms with Gasteiger partial charge in [-0.2, -0.15) is 0 Å². The lowest BCUT2D eigenvalue weighted by molar-refractivity contribution is 0.414. The van der Waals surface area contributed by atoms with Gasteiger partial charge in [0, 0.05) is 10.5 Å². The summed E-state index contributed by atoms with van der Waals surface area (Å²) in [6, 6.07) is 17.3. The summed E-state index contributed by atoms with van der Waals surface area (Å²) >= 11 is 3.49. The second kappa shape index (κ2) is 8.20. The standard InChI is InChI=1S/C18H22BrNO/c1-3-20-18(15-7-9-16(19)10-8-15)13-6-14-4-11-17(21-2)12-5-14/h4-5,7-12,18,20H,3,6,13H2,1-2H3. The van der Waals surface area contributed by atoms with Crippen molar-refractivity contribution in [2.45, 2.75) is 25.8 Å². The Morgan fingerprint density at radius 1 is 1.05 bits per heavy atom. The van der Waals surface area contributed by atoms with Crippen LogP contribution in [0.5, 0.6) is 5.75 Å². The SMILES string of the molecule is CCNC(CCc1ccc(OC)cc1)c1ccc(Br)cc1. The van der Waals surface area contributed by atoms with E-state index in [4.69, 9.17) is 4.74 Å². The third kappa shape index (κ3) is 4.87. The van der Waals surface area contributed by atoms with Gasteiger partial charge < -0.3 is 10.1 Å². The zero-order valence-corrected chi connectivity index (χ0v) is 14.2. The molecule has 112 valence electrons. The molecule has 0 aliphatic rings. The number of rotatable bonds is 7. The van der Waals surface area contributed by atoms with Crippen LogP contribution >= 0.6 is 15.9 Å². The van der Waals surface area contributed by atoms with E-state index in [1.54, 1.807) is 7.11 Å². The summed E-state index contributed by atoms with van der Waals surface area (Å²) in [6.07, 6.45) is 2.14. The maximum atomic E-state index is 5.20. The van der Waals surface area contributed by atoms with E-state index in [9.17, 15) is 0 Å². The van der Waals surface area contributed by atoms with Gasteiger partial charge >= 0.3 is 0 Å². The van der Waals surface area contributed by atoms with Crippen LogP contribution in [0.1, 0.15) is 30.5 Å². The Balaban J connectivity index is 2.00. The van der Waals surface area contributed by atoms with Crippen LogP contribution in [0.15, 0.2) is 53.0 Å². The van der Waals surface area contributed by atoms with Crippen molar-refractivity contribution in [2.75, 3.05) is 13.7 Å². The van der Waals surface area contributed by atoms with E-state index in [1.165, 1.54) is 11.1 Å². The Hall–Kier alpha value is -1.32. The van der Waals surface area contributed by atoms with E-state index in [-0.39, 0.29) is 0 Å². The van der Waals surface area contributed by atoms with Gasteiger partial charge in [-0.15, -0.1) is 0 Å². The molecule has 0 fully saturated rings. The lowest BCUT2D eigenvalue weighted by Gasteiger charge is -2.18. The van der Waals surface area contributed by atoms with Crippen molar-refractivity contribution in [3.8, 4) is 5.75 Å². The van der Waals surface area contributed by atoms with Crippen LogP contribution in [0.2, 0.25) is 0 Å². The molecule has 1 unspecified atom stereocenters. The highest BCUT2D eigenvalue weighted by atomic mass is 79.9. The monoisotopic (exact) mass is 347 g/mol. The van der Waals surface area contributed by atoms with Gasteiger partial charge in [0.2, 0.25) is 0 Å². The highest BCUT2D eigenvalue weighted by molar-refractivity contribution is 9.10. The lowest BCUT2D eigenvalue weighted by Crippen LogP contribution is -2.21. The third-order valence-corrected chi connectivity index (χ3v) is 4.13. The molecule has 0 aliphatic heterocycles. The molecule has 1 N–H and O–H groups in total. The summed E-state index contributed by atoms with van der Waals surface area (Å²) in [7, 11) is 1.70. The Labute approximate surface area is 135 Å². The fourth-order valence-corrected chi connectivity index (χ4v) is 2.70. The summed E-state index contributed by atoms with van der Waals surface area (Å²) in [5, 5.41) is 3.57. The molecule has 0 saturated carbocycles. The zero-order valence-electron chi connectivity index (χ0n) is 12.6. The largest absolute Gasteiger partial charge is 0.497 e. The Morgan fingerprint density at radius 2 is 1.71 bits per heavy atom. The van der Waals surface area contributed by atoms with Crippen molar-refractivity contribution < 1.29 is 4.74 Å². The molecule has 2 rings (SSSR count). The molecule has 2 aromatic rings. The molecule has 3 heteroatoms. The molecule has 0 aromatic heterocycles. The van der Waals surface area contributed by atoms with Crippen molar-refractivity contribution in [3.05, 3.63) is 64.1 Å². The molecule has 0 saturated heterocycles. The second-order valence-corrected chi connectivity index (χ2v) is 5.96. The van der Waals surface area contributed by atoms with Gasteiger partial charge in [0.25, 0.3) is 0 Å². The van der Waals surface area contributed by atoms with Gasteiger partial charge in [-0.25, -0.2) is 0 Å². The zero-order chi connectivity index (χ0) is 15.1. The maximum absolute atomic E-state index is 5.20. The summed E-state index contributed by atoms with van der Waals surface area (Å²) in [4.78, 5) is 0. The fourth-order valence-electron chi connectivity index (χ4n) is 2.43. The number of benzene rings is 2. The summed E-state index contributed by atoms with van der Waals surface area (Å²) < 4.78 is 6.32. The summed E-state index contributed by atoms with van der Waals surface area (Å²) in [5.74, 6) is 0.912. The van der Waals surface area contributed by atoms with Crippen molar-refractivity contribution in [2.24, 2.45) is 0 Å². The number of methoxy groups -OCH3 is 1. The number of halogens is 1. The fraction of sp³-hybridized carbons (Fsp3) is 0.333. The van der Waals surface area contributed by atoms with Gasteiger partial charge in [-0.05, 0) is 54.8 Å². The average Bonchev–Trinajstić information content (AvgIpc) is 2.53. The van der Waals surface area contributed by atoms with E-state index >= 15 is 0 Å². The van der Waals surface area contributed by atoms with E-state index < -0.39 is 0 Å². The van der Waals surface area contributed by atoms with E-state index in [0.29, 0.717) is 6.04 Å². The minimum absolute atomic E-state index is 0.394. The van der Waals surface area contributed by atoms with Gasteiger partial charge in [-0.1, -0.05) is 47.1 Å².